The first kappa shape index (κ1) is 34.1. The van der Waals surface area contributed by atoms with Gasteiger partial charge in [0, 0.05) is 25.3 Å². The first-order valence-corrected chi connectivity index (χ1v) is 16.6. The molecule has 5 heteroatoms. The third-order valence-corrected chi connectivity index (χ3v) is 8.46. The van der Waals surface area contributed by atoms with Crippen LogP contribution in [0.5, 0.6) is 5.75 Å². The first-order valence-electron chi connectivity index (χ1n) is 16.6. The lowest BCUT2D eigenvalue weighted by atomic mass is 9.95. The van der Waals surface area contributed by atoms with Crippen molar-refractivity contribution in [3.8, 4) is 5.75 Å². The highest BCUT2D eigenvalue weighted by Crippen LogP contribution is 2.36. The topological polar surface area (TPSA) is 34.2 Å². The molecule has 0 radical (unpaired) electrons. The van der Waals surface area contributed by atoms with E-state index in [1.54, 1.807) is 6.08 Å². The molecule has 0 spiro atoms. The van der Waals surface area contributed by atoms with Gasteiger partial charge in [-0.3, -0.25) is 0 Å². The van der Waals surface area contributed by atoms with Crippen LogP contribution in [0.1, 0.15) is 63.1 Å². The Morgan fingerprint density at radius 1 is 0.867 bits per heavy atom. The molecule has 0 saturated carbocycles. The van der Waals surface area contributed by atoms with Gasteiger partial charge in [-0.2, -0.15) is 0 Å². The highest BCUT2D eigenvalue weighted by Gasteiger charge is 2.38. The van der Waals surface area contributed by atoms with E-state index in [1.165, 1.54) is 37.9 Å². The Labute approximate surface area is 271 Å². The second kappa shape index (κ2) is 18.2. The molecule has 240 valence electrons. The normalized spacial score (nSPS) is 15.7. The lowest BCUT2D eigenvalue weighted by Gasteiger charge is -2.40. The molecular weight excluding hydrogens is 556 g/mol. The van der Waals surface area contributed by atoms with Crippen molar-refractivity contribution in [3.05, 3.63) is 138 Å². The van der Waals surface area contributed by atoms with Crippen molar-refractivity contribution < 1.29 is 14.2 Å². The summed E-state index contributed by atoms with van der Waals surface area (Å²) in [4.78, 5) is 4.93. The minimum atomic E-state index is -0.860. The first-order chi connectivity index (χ1) is 22.1. The molecule has 45 heavy (non-hydrogen) atoms. The van der Waals surface area contributed by atoms with Gasteiger partial charge in [-0.25, -0.2) is 0 Å². The zero-order chi connectivity index (χ0) is 31.7. The van der Waals surface area contributed by atoms with Crippen molar-refractivity contribution in [1.82, 2.24) is 9.80 Å². The van der Waals surface area contributed by atoms with Crippen LogP contribution in [0, 0.1) is 0 Å². The molecule has 1 fully saturated rings. The van der Waals surface area contributed by atoms with Gasteiger partial charge in [0.1, 0.15) is 18.1 Å². The van der Waals surface area contributed by atoms with Gasteiger partial charge in [0.05, 0.1) is 13.2 Å². The molecule has 1 heterocycles. The molecular formula is C40H52N2O3. The van der Waals surface area contributed by atoms with E-state index in [1.807, 2.05) is 42.5 Å². The molecule has 1 saturated heterocycles. The van der Waals surface area contributed by atoms with Crippen LogP contribution in [-0.4, -0.2) is 48.2 Å². The fourth-order valence-electron chi connectivity index (χ4n) is 5.96. The molecule has 1 unspecified atom stereocenters. The molecule has 1 atom stereocenters. The van der Waals surface area contributed by atoms with Crippen LogP contribution in [-0.2, 0) is 29.2 Å². The summed E-state index contributed by atoms with van der Waals surface area (Å²) in [5.41, 5.74) is 3.60. The number of nitrogens with zero attached hydrogens (tertiary/aromatic N) is 2. The Morgan fingerprint density at radius 3 is 2.11 bits per heavy atom. The molecule has 4 rings (SSSR count). The Kier molecular flexibility index (Phi) is 13.8. The monoisotopic (exact) mass is 608 g/mol. The van der Waals surface area contributed by atoms with E-state index in [0.717, 1.165) is 61.0 Å². The molecule has 3 aromatic carbocycles. The number of hydrogen-bond donors (Lipinski definition) is 0. The van der Waals surface area contributed by atoms with Crippen LogP contribution in [0.15, 0.2) is 121 Å². The largest absolute Gasteiger partial charge is 0.494 e. The average molecular weight is 609 g/mol. The average Bonchev–Trinajstić information content (AvgIpc) is 3.09. The van der Waals surface area contributed by atoms with Gasteiger partial charge in [0.25, 0.3) is 0 Å². The van der Waals surface area contributed by atoms with Crippen molar-refractivity contribution in [2.75, 3.05) is 32.8 Å². The van der Waals surface area contributed by atoms with Crippen molar-refractivity contribution in [1.29, 1.82) is 0 Å². The molecule has 0 N–H and O–H groups in total. The number of likely N-dealkylation sites (tertiary alicyclic amines) is 1. The quantitative estimate of drug-likeness (QED) is 0.0818. The van der Waals surface area contributed by atoms with Crippen LogP contribution in [0.2, 0.25) is 0 Å². The molecule has 0 aromatic heterocycles. The third-order valence-electron chi connectivity index (χ3n) is 8.46. The van der Waals surface area contributed by atoms with Crippen LogP contribution < -0.4 is 4.74 Å². The number of ether oxygens (including phenoxy) is 3. The lowest BCUT2D eigenvalue weighted by Crippen LogP contribution is -2.42. The molecule has 0 amide bonds. The van der Waals surface area contributed by atoms with Gasteiger partial charge in [-0.15, -0.1) is 0 Å². The maximum atomic E-state index is 6.84. The van der Waals surface area contributed by atoms with Gasteiger partial charge in [-0.1, -0.05) is 97.9 Å². The molecule has 1 aliphatic rings. The second-order valence-corrected chi connectivity index (χ2v) is 11.8. The van der Waals surface area contributed by atoms with Crippen LogP contribution in [0.3, 0.4) is 0 Å². The van der Waals surface area contributed by atoms with E-state index >= 15 is 0 Å². The van der Waals surface area contributed by atoms with E-state index in [2.05, 4.69) is 91.8 Å². The van der Waals surface area contributed by atoms with Crippen LogP contribution in [0.25, 0.3) is 0 Å². The number of hydrogen-bond acceptors (Lipinski definition) is 5. The summed E-state index contributed by atoms with van der Waals surface area (Å²) in [6.07, 6.45) is 11.0. The SMILES string of the molecule is C=C/C=C(/OCc1ccccc1)C(C)(OCc1ccccc1)/C(=C\C)N(CC)Cc1ccc(OCCCN2CCCCC2)cc1. The minimum absolute atomic E-state index is 0.438. The Morgan fingerprint density at radius 2 is 1.51 bits per heavy atom. The molecule has 0 aliphatic carbocycles. The van der Waals surface area contributed by atoms with E-state index in [4.69, 9.17) is 14.2 Å². The summed E-state index contributed by atoms with van der Waals surface area (Å²) >= 11 is 0. The number of benzene rings is 3. The fourth-order valence-corrected chi connectivity index (χ4v) is 5.96. The van der Waals surface area contributed by atoms with Crippen molar-refractivity contribution in [2.24, 2.45) is 0 Å². The Hall–Kier alpha value is -3.80. The van der Waals surface area contributed by atoms with Crippen molar-refractivity contribution >= 4 is 0 Å². The second-order valence-electron chi connectivity index (χ2n) is 11.8. The summed E-state index contributed by atoms with van der Waals surface area (Å²) in [5.74, 6) is 1.64. The van der Waals surface area contributed by atoms with Crippen LogP contribution in [0.4, 0.5) is 0 Å². The zero-order valence-corrected chi connectivity index (χ0v) is 27.6. The summed E-state index contributed by atoms with van der Waals surface area (Å²) in [5, 5.41) is 0. The lowest BCUT2D eigenvalue weighted by molar-refractivity contribution is -0.0483. The highest BCUT2D eigenvalue weighted by molar-refractivity contribution is 5.33. The zero-order valence-electron chi connectivity index (χ0n) is 27.6. The predicted octanol–water partition coefficient (Wildman–Crippen LogP) is 8.93. The smallest absolute Gasteiger partial charge is 0.162 e. The van der Waals surface area contributed by atoms with Gasteiger partial charge < -0.3 is 24.0 Å². The molecule has 3 aromatic rings. The van der Waals surface area contributed by atoms with Gasteiger partial charge >= 0.3 is 0 Å². The predicted molar refractivity (Wildman–Crippen MR) is 186 cm³/mol. The van der Waals surface area contributed by atoms with E-state index in [9.17, 15) is 0 Å². The van der Waals surface area contributed by atoms with E-state index in [0.29, 0.717) is 13.2 Å². The van der Waals surface area contributed by atoms with Gasteiger partial charge in [0.15, 0.2) is 5.60 Å². The number of allylic oxidation sites excluding steroid dienone is 3. The number of piperidine rings is 1. The maximum Gasteiger partial charge on any atom is 0.162 e. The summed E-state index contributed by atoms with van der Waals surface area (Å²) in [6.45, 7) is 17.1. The van der Waals surface area contributed by atoms with Gasteiger partial charge in [-0.05, 0) is 88.0 Å². The summed E-state index contributed by atoms with van der Waals surface area (Å²) in [7, 11) is 0. The number of likely N-dealkylation sites (N-methyl/N-ethyl adjacent to an activating group) is 1. The summed E-state index contributed by atoms with van der Waals surface area (Å²) < 4.78 is 19.5. The molecule has 1 aliphatic heterocycles. The maximum absolute atomic E-state index is 6.84. The fraction of sp³-hybridized carbons (Fsp3) is 0.400. The van der Waals surface area contributed by atoms with Crippen molar-refractivity contribution in [3.63, 3.8) is 0 Å². The van der Waals surface area contributed by atoms with Gasteiger partial charge in [0.2, 0.25) is 0 Å². The van der Waals surface area contributed by atoms with E-state index < -0.39 is 5.60 Å². The standard InChI is InChI=1S/C40H52N2O3/c1-5-18-39(44-32-35-19-11-8-12-20-35)40(4,45-33-36-21-13-9-14-22-36)38(6-2)42(7-3)31-34-23-25-37(26-24-34)43-30-17-29-41-27-15-10-16-28-41/h5-6,8-9,11-14,18-26H,1,7,10,15-17,27-33H2,2-4H3/b38-6+,39-18+. The van der Waals surface area contributed by atoms with Crippen LogP contribution >= 0.6 is 0 Å². The minimum Gasteiger partial charge on any atom is -0.494 e. The highest BCUT2D eigenvalue weighted by atomic mass is 16.5. The molecule has 5 nitrogen and oxygen atoms in total. The third kappa shape index (κ3) is 10.4. The molecule has 0 bridgehead atoms. The Balaban J connectivity index is 1.47. The van der Waals surface area contributed by atoms with Crippen molar-refractivity contribution in [2.45, 2.75) is 71.8 Å². The summed E-state index contributed by atoms with van der Waals surface area (Å²) in [6, 6.07) is 29.0. The Bertz CT molecular complexity index is 1330. The van der Waals surface area contributed by atoms with E-state index in [-0.39, 0.29) is 0 Å². The number of rotatable bonds is 18.